The third-order valence-electron chi connectivity index (χ3n) is 2.08. The average Bonchev–Trinajstić information content (AvgIpc) is 2.19. The molecule has 3 nitrogen and oxygen atoms in total. The molecule has 0 fully saturated rings. The third kappa shape index (κ3) is 1.65. The molecule has 0 aliphatic carbocycles. The fraction of sp³-hybridized carbons (Fsp3) is 0.300. The standard InChI is InChI=1S/C10H8ClFO3/c1-5(13)8-9(12)6(11)4-7-10(8)15-3-2-14-7/h4H,2-3H2,1H3. The second kappa shape index (κ2) is 3.70. The molecule has 0 atom stereocenters. The molecule has 0 aromatic heterocycles. The van der Waals surface area contributed by atoms with Gasteiger partial charge < -0.3 is 9.47 Å². The SMILES string of the molecule is CC(=O)c1c(F)c(Cl)cc2c1OCCO2. The Bertz CT molecular complexity index is 431. The van der Waals surface area contributed by atoms with Gasteiger partial charge >= 0.3 is 0 Å². The molecular weight excluding hydrogens is 223 g/mol. The van der Waals surface area contributed by atoms with Gasteiger partial charge in [0.2, 0.25) is 0 Å². The summed E-state index contributed by atoms with van der Waals surface area (Å²) in [5.74, 6) is -0.723. The summed E-state index contributed by atoms with van der Waals surface area (Å²) >= 11 is 5.63. The third-order valence-corrected chi connectivity index (χ3v) is 2.35. The highest BCUT2D eigenvalue weighted by Crippen LogP contribution is 2.39. The Balaban J connectivity index is 2.68. The number of hydrogen-bond donors (Lipinski definition) is 0. The van der Waals surface area contributed by atoms with Crippen LogP contribution in [0.3, 0.4) is 0 Å². The first kappa shape index (κ1) is 10.2. The van der Waals surface area contributed by atoms with Crippen LogP contribution in [0.15, 0.2) is 6.07 Å². The van der Waals surface area contributed by atoms with Gasteiger partial charge in [0.05, 0.1) is 5.02 Å². The lowest BCUT2D eigenvalue weighted by Crippen LogP contribution is -2.18. The van der Waals surface area contributed by atoms with Crippen molar-refractivity contribution in [3.8, 4) is 11.5 Å². The molecule has 2 rings (SSSR count). The van der Waals surface area contributed by atoms with E-state index in [4.69, 9.17) is 21.1 Å². The van der Waals surface area contributed by atoms with Crippen LogP contribution in [-0.4, -0.2) is 19.0 Å². The van der Waals surface area contributed by atoms with Crippen molar-refractivity contribution in [2.24, 2.45) is 0 Å². The lowest BCUT2D eigenvalue weighted by Gasteiger charge is -2.21. The fourth-order valence-electron chi connectivity index (χ4n) is 1.45. The molecule has 15 heavy (non-hydrogen) atoms. The molecule has 0 saturated heterocycles. The Hall–Kier alpha value is -1.29. The summed E-state index contributed by atoms with van der Waals surface area (Å²) in [6.07, 6.45) is 0. The van der Waals surface area contributed by atoms with Crippen LogP contribution in [0.2, 0.25) is 5.02 Å². The number of fused-ring (bicyclic) bond motifs is 1. The van der Waals surface area contributed by atoms with E-state index in [-0.39, 0.29) is 16.3 Å². The minimum Gasteiger partial charge on any atom is -0.486 e. The van der Waals surface area contributed by atoms with E-state index in [1.165, 1.54) is 13.0 Å². The number of carbonyl (C=O) groups excluding carboxylic acids is 1. The van der Waals surface area contributed by atoms with Gasteiger partial charge in [0.25, 0.3) is 0 Å². The number of ketones is 1. The second-order valence-corrected chi connectivity index (χ2v) is 3.53. The molecule has 0 N–H and O–H groups in total. The van der Waals surface area contributed by atoms with E-state index in [0.29, 0.717) is 19.0 Å². The molecule has 0 unspecified atom stereocenters. The van der Waals surface area contributed by atoms with Crippen molar-refractivity contribution in [2.75, 3.05) is 13.2 Å². The summed E-state index contributed by atoms with van der Waals surface area (Å²) in [6.45, 7) is 1.92. The lowest BCUT2D eigenvalue weighted by molar-refractivity contribution is 0.0997. The molecule has 0 radical (unpaired) electrons. The number of benzene rings is 1. The molecule has 80 valence electrons. The quantitative estimate of drug-likeness (QED) is 0.696. The molecule has 1 aliphatic heterocycles. The Morgan fingerprint density at radius 2 is 2.13 bits per heavy atom. The molecule has 1 aromatic rings. The molecule has 0 bridgehead atoms. The monoisotopic (exact) mass is 230 g/mol. The van der Waals surface area contributed by atoms with Crippen molar-refractivity contribution in [1.29, 1.82) is 0 Å². The maximum absolute atomic E-state index is 13.6. The van der Waals surface area contributed by atoms with Crippen molar-refractivity contribution in [3.05, 3.63) is 22.5 Å². The van der Waals surface area contributed by atoms with Gasteiger partial charge in [-0.2, -0.15) is 0 Å². The molecule has 0 amide bonds. The van der Waals surface area contributed by atoms with Crippen LogP contribution in [0, 0.1) is 5.82 Å². The number of Topliss-reactive ketones (excluding diaryl/α,β-unsaturated/α-hetero) is 1. The van der Waals surface area contributed by atoms with Crippen LogP contribution < -0.4 is 9.47 Å². The van der Waals surface area contributed by atoms with E-state index in [1.807, 2.05) is 0 Å². The molecule has 1 heterocycles. The highest BCUT2D eigenvalue weighted by molar-refractivity contribution is 6.31. The highest BCUT2D eigenvalue weighted by Gasteiger charge is 2.25. The number of hydrogen-bond acceptors (Lipinski definition) is 3. The van der Waals surface area contributed by atoms with E-state index in [1.54, 1.807) is 0 Å². The van der Waals surface area contributed by atoms with E-state index >= 15 is 0 Å². The van der Waals surface area contributed by atoms with Crippen LogP contribution in [0.5, 0.6) is 11.5 Å². The van der Waals surface area contributed by atoms with Gasteiger partial charge in [-0.1, -0.05) is 11.6 Å². The van der Waals surface area contributed by atoms with Gasteiger partial charge in [0, 0.05) is 6.07 Å². The van der Waals surface area contributed by atoms with E-state index in [0.717, 1.165) is 0 Å². The Morgan fingerprint density at radius 1 is 1.47 bits per heavy atom. The predicted molar refractivity (Wildman–Crippen MR) is 52.4 cm³/mol. The first-order valence-electron chi connectivity index (χ1n) is 4.40. The summed E-state index contributed by atoms with van der Waals surface area (Å²) in [6, 6.07) is 1.32. The number of rotatable bonds is 1. The number of carbonyl (C=O) groups is 1. The Labute approximate surface area is 90.7 Å². The zero-order chi connectivity index (χ0) is 11.0. The largest absolute Gasteiger partial charge is 0.486 e. The van der Waals surface area contributed by atoms with Crippen molar-refractivity contribution in [1.82, 2.24) is 0 Å². The van der Waals surface area contributed by atoms with Crippen LogP contribution >= 0.6 is 11.6 Å². The Kier molecular flexibility index (Phi) is 2.52. The van der Waals surface area contributed by atoms with Crippen LogP contribution in [-0.2, 0) is 0 Å². The van der Waals surface area contributed by atoms with Crippen molar-refractivity contribution < 1.29 is 18.7 Å². The number of halogens is 2. The predicted octanol–water partition coefficient (Wildman–Crippen LogP) is 2.45. The van der Waals surface area contributed by atoms with E-state index in [9.17, 15) is 9.18 Å². The van der Waals surface area contributed by atoms with Gasteiger partial charge in [0.15, 0.2) is 23.1 Å². The molecule has 0 spiro atoms. The molecule has 1 aromatic carbocycles. The van der Waals surface area contributed by atoms with Gasteiger partial charge in [-0.15, -0.1) is 0 Å². The molecular formula is C10H8ClFO3. The highest BCUT2D eigenvalue weighted by atomic mass is 35.5. The fourth-order valence-corrected chi connectivity index (χ4v) is 1.64. The average molecular weight is 231 g/mol. The van der Waals surface area contributed by atoms with Gasteiger partial charge in [-0.25, -0.2) is 4.39 Å². The summed E-state index contributed by atoms with van der Waals surface area (Å²) in [5, 5.41) is -0.135. The normalized spacial score (nSPS) is 13.8. The van der Waals surface area contributed by atoms with E-state index < -0.39 is 11.6 Å². The van der Waals surface area contributed by atoms with Crippen LogP contribution in [0.1, 0.15) is 17.3 Å². The topological polar surface area (TPSA) is 35.5 Å². The van der Waals surface area contributed by atoms with Gasteiger partial charge in [-0.3, -0.25) is 4.79 Å². The smallest absolute Gasteiger partial charge is 0.175 e. The zero-order valence-corrected chi connectivity index (χ0v) is 8.73. The second-order valence-electron chi connectivity index (χ2n) is 3.13. The molecule has 1 aliphatic rings. The van der Waals surface area contributed by atoms with Crippen molar-refractivity contribution in [3.63, 3.8) is 0 Å². The van der Waals surface area contributed by atoms with Gasteiger partial charge in [-0.05, 0) is 6.92 Å². The minimum absolute atomic E-state index is 0.135. The minimum atomic E-state index is -0.756. The molecule has 5 heteroatoms. The summed E-state index contributed by atoms with van der Waals surface area (Å²) in [7, 11) is 0. The first-order valence-corrected chi connectivity index (χ1v) is 4.77. The molecule has 0 saturated carbocycles. The van der Waals surface area contributed by atoms with Crippen LogP contribution in [0.25, 0.3) is 0 Å². The summed E-state index contributed by atoms with van der Waals surface area (Å²) in [5.41, 5.74) is -0.141. The van der Waals surface area contributed by atoms with Crippen molar-refractivity contribution >= 4 is 17.4 Å². The lowest BCUT2D eigenvalue weighted by atomic mass is 10.1. The van der Waals surface area contributed by atoms with Crippen molar-refractivity contribution in [2.45, 2.75) is 6.92 Å². The Morgan fingerprint density at radius 3 is 2.80 bits per heavy atom. The van der Waals surface area contributed by atoms with Crippen LogP contribution in [0.4, 0.5) is 4.39 Å². The van der Waals surface area contributed by atoms with E-state index in [2.05, 4.69) is 0 Å². The maximum atomic E-state index is 13.6. The maximum Gasteiger partial charge on any atom is 0.175 e. The summed E-state index contributed by atoms with van der Waals surface area (Å²) in [4.78, 5) is 11.3. The zero-order valence-electron chi connectivity index (χ0n) is 7.97. The van der Waals surface area contributed by atoms with Gasteiger partial charge in [0.1, 0.15) is 18.8 Å². The first-order chi connectivity index (χ1) is 7.11. The number of ether oxygens (including phenoxy) is 2. The summed E-state index contributed by atoms with van der Waals surface area (Å²) < 4.78 is 24.0.